The number of carbonyl (C=O) groups is 2. The summed E-state index contributed by atoms with van der Waals surface area (Å²) >= 11 is 1.62. The quantitative estimate of drug-likeness (QED) is 0.441. The highest BCUT2D eigenvalue weighted by molar-refractivity contribution is 7.18. The van der Waals surface area contributed by atoms with E-state index in [0.717, 1.165) is 26.0 Å². The highest BCUT2D eigenvalue weighted by Crippen LogP contribution is 2.31. The molecular formula is C24H22N2O4S. The van der Waals surface area contributed by atoms with E-state index in [9.17, 15) is 14.7 Å². The average molecular weight is 435 g/mol. The monoisotopic (exact) mass is 434 g/mol. The lowest BCUT2D eigenvalue weighted by atomic mass is 10.0. The van der Waals surface area contributed by atoms with Gasteiger partial charge in [0.05, 0.1) is 27.4 Å². The number of aromatic nitrogens is 1. The summed E-state index contributed by atoms with van der Waals surface area (Å²) in [7, 11) is 0. The third-order valence-corrected chi connectivity index (χ3v) is 6.08. The lowest BCUT2D eigenvalue weighted by molar-refractivity contribution is -0.143. The molecule has 31 heavy (non-hydrogen) atoms. The lowest BCUT2D eigenvalue weighted by Crippen LogP contribution is -2.49. The Morgan fingerprint density at radius 3 is 2.58 bits per heavy atom. The molecule has 6 nitrogen and oxygen atoms in total. The van der Waals surface area contributed by atoms with Crippen LogP contribution in [-0.2, 0) is 11.2 Å². The normalized spacial score (nSPS) is 11.5. The van der Waals surface area contributed by atoms with Crippen LogP contribution in [0.2, 0.25) is 0 Å². The minimum absolute atomic E-state index is 0.303. The molecule has 0 fully saturated rings. The van der Waals surface area contributed by atoms with Crippen LogP contribution < -0.4 is 10.1 Å². The smallest absolute Gasteiger partial charge is 0.328 e. The molecule has 4 aromatic rings. The maximum Gasteiger partial charge on any atom is 0.328 e. The van der Waals surface area contributed by atoms with Gasteiger partial charge in [-0.15, -0.1) is 11.3 Å². The first-order valence-corrected chi connectivity index (χ1v) is 10.7. The van der Waals surface area contributed by atoms with Gasteiger partial charge in [-0.05, 0) is 37.4 Å². The van der Waals surface area contributed by atoms with Gasteiger partial charge in [-0.3, -0.25) is 4.79 Å². The Balaban J connectivity index is 1.60. The van der Waals surface area contributed by atoms with Crippen molar-refractivity contribution in [3.05, 3.63) is 71.2 Å². The molecule has 0 aliphatic heterocycles. The van der Waals surface area contributed by atoms with Crippen LogP contribution in [0.15, 0.2) is 60.7 Å². The van der Waals surface area contributed by atoms with E-state index in [2.05, 4.69) is 10.3 Å². The number of fused-ring (bicyclic) bond motifs is 2. The minimum Gasteiger partial charge on any atom is -0.492 e. The van der Waals surface area contributed by atoms with Gasteiger partial charge < -0.3 is 15.2 Å². The van der Waals surface area contributed by atoms with E-state index in [4.69, 9.17) is 4.74 Å². The van der Waals surface area contributed by atoms with Crippen LogP contribution in [0.5, 0.6) is 5.75 Å². The van der Waals surface area contributed by atoms with Gasteiger partial charge in [0.1, 0.15) is 11.3 Å². The van der Waals surface area contributed by atoms with Crippen molar-refractivity contribution in [3.8, 4) is 5.75 Å². The van der Waals surface area contributed by atoms with E-state index in [-0.39, 0.29) is 0 Å². The first-order valence-electron chi connectivity index (χ1n) is 9.90. The molecular weight excluding hydrogens is 412 g/mol. The Bertz CT molecular complexity index is 1250. The summed E-state index contributed by atoms with van der Waals surface area (Å²) in [6, 6.07) is 19.1. The van der Waals surface area contributed by atoms with E-state index < -0.39 is 17.4 Å². The van der Waals surface area contributed by atoms with Crippen molar-refractivity contribution in [1.82, 2.24) is 10.3 Å². The van der Waals surface area contributed by atoms with Gasteiger partial charge in [0, 0.05) is 11.8 Å². The maximum atomic E-state index is 12.9. The Hall–Kier alpha value is -3.45. The topological polar surface area (TPSA) is 88.5 Å². The van der Waals surface area contributed by atoms with E-state index in [1.807, 2.05) is 54.6 Å². The molecule has 0 aliphatic rings. The number of para-hydroxylation sites is 1. The summed E-state index contributed by atoms with van der Waals surface area (Å²) < 4.78 is 7.23. The molecule has 0 spiro atoms. The first kappa shape index (κ1) is 20.8. The van der Waals surface area contributed by atoms with Crippen molar-refractivity contribution in [2.24, 2.45) is 0 Å². The van der Waals surface area contributed by atoms with Crippen molar-refractivity contribution >= 4 is 44.2 Å². The number of hydrogen-bond donors (Lipinski definition) is 2. The van der Waals surface area contributed by atoms with Gasteiger partial charge in [-0.1, -0.05) is 42.5 Å². The van der Waals surface area contributed by atoms with Gasteiger partial charge in [0.15, 0.2) is 0 Å². The van der Waals surface area contributed by atoms with E-state index >= 15 is 0 Å². The number of carbonyl (C=O) groups excluding carboxylic acids is 1. The Morgan fingerprint density at radius 1 is 1.06 bits per heavy atom. The molecule has 1 aromatic heterocycles. The van der Waals surface area contributed by atoms with Crippen molar-refractivity contribution in [2.45, 2.75) is 25.8 Å². The van der Waals surface area contributed by atoms with Crippen molar-refractivity contribution in [1.29, 1.82) is 0 Å². The zero-order chi connectivity index (χ0) is 22.0. The number of thiazole rings is 1. The Morgan fingerprint density at radius 2 is 1.81 bits per heavy atom. The molecule has 0 atom stereocenters. The average Bonchev–Trinajstić information content (AvgIpc) is 3.16. The maximum absolute atomic E-state index is 12.9. The number of hydrogen-bond acceptors (Lipinski definition) is 5. The highest BCUT2D eigenvalue weighted by Gasteiger charge is 2.30. The van der Waals surface area contributed by atoms with Gasteiger partial charge in [0.25, 0.3) is 5.91 Å². The molecule has 0 saturated carbocycles. The number of amides is 1. The number of nitrogens with zero attached hydrogens (tertiary/aromatic N) is 1. The van der Waals surface area contributed by atoms with Crippen LogP contribution in [0.1, 0.15) is 29.2 Å². The summed E-state index contributed by atoms with van der Waals surface area (Å²) in [4.78, 5) is 29.0. The second-order valence-electron chi connectivity index (χ2n) is 7.72. The first-order chi connectivity index (χ1) is 14.8. The van der Waals surface area contributed by atoms with Gasteiger partial charge >= 0.3 is 5.97 Å². The second kappa shape index (κ2) is 8.35. The molecule has 0 unspecified atom stereocenters. The predicted molar refractivity (Wildman–Crippen MR) is 122 cm³/mol. The summed E-state index contributed by atoms with van der Waals surface area (Å²) in [5, 5.41) is 14.6. The third kappa shape index (κ3) is 4.36. The van der Waals surface area contributed by atoms with Crippen LogP contribution in [0, 0.1) is 0 Å². The van der Waals surface area contributed by atoms with Gasteiger partial charge in [-0.25, -0.2) is 9.78 Å². The number of benzene rings is 3. The number of carboxylic acid groups (broad SMARTS) is 1. The molecule has 7 heteroatoms. The fraction of sp³-hybridized carbons (Fsp3) is 0.208. The van der Waals surface area contributed by atoms with Crippen molar-refractivity contribution < 1.29 is 19.4 Å². The zero-order valence-electron chi connectivity index (χ0n) is 17.2. The number of rotatable bonds is 7. The molecule has 4 rings (SSSR count). The molecule has 1 heterocycles. The summed E-state index contributed by atoms with van der Waals surface area (Å²) in [6.07, 6.45) is 0.601. The standard InChI is InChI=1S/C24H22N2O4S/c1-24(2,23(28)29)26-22(27)17-12-11-15-7-3-4-8-16(15)21(17)30-14-13-20-25-18-9-5-6-10-19(18)31-20/h3-12H,13-14H2,1-2H3,(H,26,27)(H,28,29). The van der Waals surface area contributed by atoms with Crippen LogP contribution in [0.3, 0.4) is 0 Å². The molecule has 2 N–H and O–H groups in total. The van der Waals surface area contributed by atoms with E-state index in [1.54, 1.807) is 17.4 Å². The van der Waals surface area contributed by atoms with Gasteiger partial charge in [0.2, 0.25) is 0 Å². The largest absolute Gasteiger partial charge is 0.492 e. The predicted octanol–water partition coefficient (Wildman–Crippen LogP) is 4.66. The number of nitrogens with one attached hydrogen (secondary N) is 1. The van der Waals surface area contributed by atoms with Crippen molar-refractivity contribution in [3.63, 3.8) is 0 Å². The lowest BCUT2D eigenvalue weighted by Gasteiger charge is -2.22. The number of carboxylic acids is 1. The Kier molecular flexibility index (Phi) is 5.61. The fourth-order valence-corrected chi connectivity index (χ4v) is 4.20. The zero-order valence-corrected chi connectivity index (χ0v) is 18.0. The van der Waals surface area contributed by atoms with Crippen LogP contribution in [-0.4, -0.2) is 34.1 Å². The van der Waals surface area contributed by atoms with E-state index in [0.29, 0.717) is 24.3 Å². The van der Waals surface area contributed by atoms with Crippen LogP contribution in [0.25, 0.3) is 21.0 Å². The molecule has 158 valence electrons. The number of aliphatic carboxylic acids is 1. The van der Waals surface area contributed by atoms with Gasteiger partial charge in [-0.2, -0.15) is 0 Å². The molecule has 1 amide bonds. The fourth-order valence-electron chi connectivity index (χ4n) is 3.25. The van der Waals surface area contributed by atoms with Crippen LogP contribution >= 0.6 is 11.3 Å². The third-order valence-electron chi connectivity index (χ3n) is 4.99. The van der Waals surface area contributed by atoms with Crippen LogP contribution in [0.4, 0.5) is 0 Å². The molecule has 0 radical (unpaired) electrons. The second-order valence-corrected chi connectivity index (χ2v) is 8.84. The molecule has 0 bridgehead atoms. The molecule has 3 aromatic carbocycles. The number of ether oxygens (including phenoxy) is 1. The van der Waals surface area contributed by atoms with Crippen molar-refractivity contribution in [2.75, 3.05) is 6.61 Å². The summed E-state index contributed by atoms with van der Waals surface area (Å²) in [6.45, 7) is 3.24. The molecule has 0 aliphatic carbocycles. The SMILES string of the molecule is CC(C)(NC(=O)c1ccc2ccccc2c1OCCc1nc2ccccc2s1)C(=O)O. The highest BCUT2D eigenvalue weighted by atomic mass is 32.1. The molecule has 0 saturated heterocycles. The Labute approximate surface area is 183 Å². The minimum atomic E-state index is -1.40. The summed E-state index contributed by atoms with van der Waals surface area (Å²) in [5.74, 6) is -1.16. The summed E-state index contributed by atoms with van der Waals surface area (Å²) in [5.41, 5.74) is -0.137. The van der Waals surface area contributed by atoms with E-state index in [1.165, 1.54) is 13.8 Å².